The Bertz CT molecular complexity index is 662. The quantitative estimate of drug-likeness (QED) is 0.535. The molecule has 0 atom stereocenters. The van der Waals surface area contributed by atoms with Crippen LogP contribution in [0.15, 0.2) is 34.9 Å². The van der Waals surface area contributed by atoms with E-state index in [-0.39, 0.29) is 0 Å². The van der Waals surface area contributed by atoms with Crippen molar-refractivity contribution < 1.29 is 4.42 Å². The van der Waals surface area contributed by atoms with Crippen LogP contribution in [-0.4, -0.2) is 12.8 Å². The summed E-state index contributed by atoms with van der Waals surface area (Å²) >= 11 is 6.06. The molecular weight excluding hydrogens is 208 g/mol. The molecule has 0 fully saturated rings. The van der Waals surface area contributed by atoms with E-state index in [1.165, 1.54) is 0 Å². The molecule has 0 saturated carbocycles. The number of rotatable bonds is 0. The van der Waals surface area contributed by atoms with E-state index in [9.17, 15) is 0 Å². The molecule has 2 nitrogen and oxygen atoms in total. The molecule has 4 heteroatoms. The topological polar surface area (TPSA) is 26.0 Å². The van der Waals surface area contributed by atoms with Gasteiger partial charge in [-0.25, -0.2) is 4.98 Å². The highest BCUT2D eigenvalue weighted by atomic mass is 35.5. The molecule has 3 rings (SSSR count). The highest BCUT2D eigenvalue weighted by molar-refractivity contribution is 6.42. The third kappa shape index (κ3) is 1.16. The number of aromatic nitrogens is 1. The first kappa shape index (κ1) is 8.80. The first-order chi connectivity index (χ1) is 7.27. The van der Waals surface area contributed by atoms with Crippen LogP contribution in [0.3, 0.4) is 0 Å². The highest BCUT2D eigenvalue weighted by Crippen LogP contribution is 2.30. The van der Waals surface area contributed by atoms with Gasteiger partial charge < -0.3 is 4.42 Å². The summed E-state index contributed by atoms with van der Waals surface area (Å²) in [5.74, 6) is 0. The molecule has 72 valence electrons. The Morgan fingerprint density at radius 3 is 3.00 bits per heavy atom. The van der Waals surface area contributed by atoms with Crippen LogP contribution >= 0.6 is 11.6 Å². The Kier molecular flexibility index (Phi) is 1.76. The van der Waals surface area contributed by atoms with Crippen LogP contribution in [-0.2, 0) is 0 Å². The number of para-hydroxylation sites is 1. The van der Waals surface area contributed by atoms with Gasteiger partial charge >= 0.3 is 0 Å². The van der Waals surface area contributed by atoms with E-state index in [0.29, 0.717) is 10.7 Å². The molecule has 0 unspecified atom stereocenters. The van der Waals surface area contributed by atoms with Gasteiger partial charge in [-0.1, -0.05) is 29.2 Å². The highest BCUT2D eigenvalue weighted by Gasteiger charge is 2.11. The van der Waals surface area contributed by atoms with Gasteiger partial charge in [0, 0.05) is 17.0 Å². The van der Waals surface area contributed by atoms with Gasteiger partial charge in [0.25, 0.3) is 0 Å². The number of halogens is 1. The standard InChI is InChI=1S/C11H7BClNO/c12-7-4-5-14-11-9(7)6-2-1-3-8(13)10(6)15-11/h1-5H,12H2. The lowest BCUT2D eigenvalue weighted by Crippen LogP contribution is -2.02. The molecule has 0 amide bonds. The smallest absolute Gasteiger partial charge is 0.226 e. The predicted molar refractivity (Wildman–Crippen MR) is 64.7 cm³/mol. The maximum Gasteiger partial charge on any atom is 0.226 e. The Morgan fingerprint density at radius 1 is 1.27 bits per heavy atom. The lowest BCUT2D eigenvalue weighted by atomic mass is 9.93. The number of pyridine rings is 1. The first-order valence-corrected chi connectivity index (χ1v) is 5.07. The SMILES string of the molecule is Bc1ccnc2oc3c(Cl)cccc3c12. The van der Waals surface area contributed by atoms with Gasteiger partial charge in [-0.05, 0) is 12.1 Å². The second-order valence-corrected chi connectivity index (χ2v) is 3.93. The van der Waals surface area contributed by atoms with E-state index < -0.39 is 0 Å². The van der Waals surface area contributed by atoms with E-state index in [0.717, 1.165) is 21.8 Å². The monoisotopic (exact) mass is 215 g/mol. The molecule has 3 aromatic rings. The van der Waals surface area contributed by atoms with Crippen molar-refractivity contribution in [2.24, 2.45) is 0 Å². The summed E-state index contributed by atoms with van der Waals surface area (Å²) < 4.78 is 5.62. The van der Waals surface area contributed by atoms with Crippen molar-refractivity contribution in [2.45, 2.75) is 0 Å². The lowest BCUT2D eigenvalue weighted by molar-refractivity contribution is 0.654. The van der Waals surface area contributed by atoms with Crippen LogP contribution in [0.1, 0.15) is 0 Å². The fraction of sp³-hybridized carbons (Fsp3) is 0. The van der Waals surface area contributed by atoms with E-state index in [1.54, 1.807) is 6.20 Å². The van der Waals surface area contributed by atoms with Gasteiger partial charge in [0.05, 0.1) is 5.02 Å². The summed E-state index contributed by atoms with van der Waals surface area (Å²) in [5, 5.41) is 2.71. The number of fused-ring (bicyclic) bond motifs is 3. The van der Waals surface area contributed by atoms with Crippen LogP contribution in [0.2, 0.25) is 5.02 Å². The Labute approximate surface area is 92.3 Å². The minimum atomic E-state index is 0.630. The normalized spacial score (nSPS) is 11.3. The van der Waals surface area contributed by atoms with E-state index in [1.807, 2.05) is 32.1 Å². The maximum absolute atomic E-state index is 6.06. The van der Waals surface area contributed by atoms with Crippen molar-refractivity contribution in [2.75, 3.05) is 0 Å². The zero-order valence-corrected chi connectivity index (χ0v) is 8.88. The Hall–Kier alpha value is -1.48. The van der Waals surface area contributed by atoms with Gasteiger partial charge in [0.1, 0.15) is 7.85 Å². The Morgan fingerprint density at radius 2 is 2.13 bits per heavy atom. The van der Waals surface area contributed by atoms with Gasteiger partial charge in [0.15, 0.2) is 5.58 Å². The van der Waals surface area contributed by atoms with E-state index >= 15 is 0 Å². The third-order valence-corrected chi connectivity index (χ3v) is 2.86. The number of furan rings is 1. The number of nitrogens with zero attached hydrogens (tertiary/aromatic N) is 1. The van der Waals surface area contributed by atoms with Crippen LogP contribution in [0.4, 0.5) is 0 Å². The van der Waals surface area contributed by atoms with Gasteiger partial charge in [-0.15, -0.1) is 0 Å². The predicted octanol–water partition coefficient (Wildman–Crippen LogP) is 1.89. The van der Waals surface area contributed by atoms with Crippen LogP contribution in [0.25, 0.3) is 22.1 Å². The molecule has 0 aliphatic carbocycles. The van der Waals surface area contributed by atoms with Gasteiger partial charge in [0.2, 0.25) is 5.71 Å². The average Bonchev–Trinajstić information content (AvgIpc) is 2.59. The molecule has 0 bridgehead atoms. The first-order valence-electron chi connectivity index (χ1n) is 4.70. The number of benzene rings is 1. The zero-order valence-electron chi connectivity index (χ0n) is 8.12. The minimum absolute atomic E-state index is 0.630. The molecule has 0 radical (unpaired) electrons. The second kappa shape index (κ2) is 3.01. The lowest BCUT2D eigenvalue weighted by Gasteiger charge is -1.93. The summed E-state index contributed by atoms with van der Waals surface area (Å²) in [6, 6.07) is 7.72. The summed E-state index contributed by atoms with van der Waals surface area (Å²) in [5.41, 5.74) is 2.52. The van der Waals surface area contributed by atoms with Crippen molar-refractivity contribution in [1.82, 2.24) is 4.98 Å². The van der Waals surface area contributed by atoms with E-state index in [2.05, 4.69) is 4.98 Å². The summed E-state index contributed by atoms with van der Waals surface area (Å²) in [4.78, 5) is 4.20. The van der Waals surface area contributed by atoms with E-state index in [4.69, 9.17) is 16.0 Å². The van der Waals surface area contributed by atoms with Crippen LogP contribution in [0, 0.1) is 0 Å². The zero-order chi connectivity index (χ0) is 10.4. The average molecular weight is 215 g/mol. The van der Waals surface area contributed by atoms with Crippen molar-refractivity contribution in [1.29, 1.82) is 0 Å². The minimum Gasteiger partial charge on any atom is -0.436 e. The van der Waals surface area contributed by atoms with Crippen LogP contribution in [0.5, 0.6) is 0 Å². The van der Waals surface area contributed by atoms with Crippen LogP contribution < -0.4 is 5.46 Å². The molecule has 0 saturated heterocycles. The molecule has 0 aliphatic heterocycles. The summed E-state index contributed by atoms with van der Waals surface area (Å²) in [6.07, 6.45) is 1.74. The summed E-state index contributed by atoms with van der Waals surface area (Å²) in [7, 11) is 2.04. The fourth-order valence-electron chi connectivity index (χ4n) is 1.84. The molecule has 0 spiro atoms. The van der Waals surface area contributed by atoms with Crippen molar-refractivity contribution in [3.05, 3.63) is 35.5 Å². The Balaban J connectivity index is 2.65. The molecule has 2 aromatic heterocycles. The summed E-state index contributed by atoms with van der Waals surface area (Å²) in [6.45, 7) is 0. The van der Waals surface area contributed by atoms with Crippen molar-refractivity contribution in [3.8, 4) is 0 Å². The van der Waals surface area contributed by atoms with Crippen molar-refractivity contribution >= 4 is 47.0 Å². The molecule has 1 aromatic carbocycles. The molecular formula is C11H7BClNO. The van der Waals surface area contributed by atoms with Gasteiger partial charge in [-0.3, -0.25) is 0 Å². The fourth-order valence-corrected chi connectivity index (χ4v) is 2.06. The molecule has 0 N–H and O–H groups in total. The molecule has 15 heavy (non-hydrogen) atoms. The van der Waals surface area contributed by atoms with Gasteiger partial charge in [-0.2, -0.15) is 0 Å². The van der Waals surface area contributed by atoms with Crippen molar-refractivity contribution in [3.63, 3.8) is 0 Å². The molecule has 0 aliphatic rings. The largest absolute Gasteiger partial charge is 0.436 e. The number of hydrogen-bond donors (Lipinski definition) is 0. The third-order valence-electron chi connectivity index (χ3n) is 2.56. The maximum atomic E-state index is 6.06. The molecule has 2 heterocycles. The second-order valence-electron chi connectivity index (χ2n) is 3.53. The number of hydrogen-bond acceptors (Lipinski definition) is 2.